The molecular weight excluding hydrogens is 216 g/mol. The quantitative estimate of drug-likeness (QED) is 0.840. The summed E-state index contributed by atoms with van der Waals surface area (Å²) in [5.74, 6) is 1.30. The molecule has 0 aliphatic heterocycles. The summed E-state index contributed by atoms with van der Waals surface area (Å²) in [5, 5.41) is 12.8. The number of ether oxygens (including phenoxy) is 1. The van der Waals surface area contributed by atoms with Crippen LogP contribution in [-0.4, -0.2) is 29.8 Å². The van der Waals surface area contributed by atoms with Crippen LogP contribution in [0.1, 0.15) is 25.7 Å². The highest BCUT2D eigenvalue weighted by atomic mass is 16.5. The van der Waals surface area contributed by atoms with Crippen LogP contribution in [0.3, 0.4) is 0 Å². The van der Waals surface area contributed by atoms with Crippen LogP contribution in [0.25, 0.3) is 0 Å². The van der Waals surface area contributed by atoms with Gasteiger partial charge >= 0.3 is 0 Å². The van der Waals surface area contributed by atoms with Crippen molar-refractivity contribution in [3.63, 3.8) is 0 Å². The Bertz CT molecular complexity index is 349. The summed E-state index contributed by atoms with van der Waals surface area (Å²) in [5.41, 5.74) is 1.04. The lowest BCUT2D eigenvalue weighted by Gasteiger charge is -2.25. The van der Waals surface area contributed by atoms with E-state index in [1.807, 2.05) is 12.1 Å². The van der Waals surface area contributed by atoms with Gasteiger partial charge in [0, 0.05) is 24.5 Å². The van der Waals surface area contributed by atoms with E-state index < -0.39 is 0 Å². The molecule has 0 radical (unpaired) electrons. The van der Waals surface area contributed by atoms with Gasteiger partial charge in [-0.1, -0.05) is 0 Å². The number of nitrogens with zero attached hydrogens (tertiary/aromatic N) is 1. The summed E-state index contributed by atoms with van der Waals surface area (Å²) in [4.78, 5) is 4.07. The van der Waals surface area contributed by atoms with Crippen molar-refractivity contribution in [2.45, 2.75) is 31.8 Å². The summed E-state index contributed by atoms with van der Waals surface area (Å²) in [7, 11) is 1.62. The molecule has 0 bridgehead atoms. The Balaban J connectivity index is 1.81. The molecule has 0 spiro atoms. The summed E-state index contributed by atoms with van der Waals surface area (Å²) in [6, 6.07) is 3.85. The molecule has 1 saturated carbocycles. The smallest absolute Gasteiger partial charge is 0.214 e. The molecule has 1 aromatic rings. The minimum Gasteiger partial charge on any atom is -0.481 e. The standard InChI is InChI=1S/C13H20N2O2/c1-17-13-8-11(6-7-14-13)15-9-10-2-4-12(16)5-3-10/h6-8,10,12,16H,2-5,9H2,1H3,(H,14,15). The van der Waals surface area contributed by atoms with E-state index in [2.05, 4.69) is 10.3 Å². The van der Waals surface area contributed by atoms with E-state index in [-0.39, 0.29) is 6.10 Å². The van der Waals surface area contributed by atoms with Crippen molar-refractivity contribution < 1.29 is 9.84 Å². The Hall–Kier alpha value is -1.29. The van der Waals surface area contributed by atoms with Crippen LogP contribution < -0.4 is 10.1 Å². The maximum absolute atomic E-state index is 9.44. The zero-order valence-corrected chi connectivity index (χ0v) is 10.2. The Labute approximate surface area is 102 Å². The number of anilines is 1. The molecule has 1 fully saturated rings. The molecule has 0 saturated heterocycles. The van der Waals surface area contributed by atoms with E-state index in [4.69, 9.17) is 4.74 Å². The highest BCUT2D eigenvalue weighted by Crippen LogP contribution is 2.24. The summed E-state index contributed by atoms with van der Waals surface area (Å²) >= 11 is 0. The minimum absolute atomic E-state index is 0.0766. The predicted octanol–water partition coefficient (Wildman–Crippen LogP) is 2.05. The molecule has 1 heterocycles. The van der Waals surface area contributed by atoms with E-state index in [1.54, 1.807) is 13.3 Å². The average Bonchev–Trinajstić information content (AvgIpc) is 2.38. The first-order valence-electron chi connectivity index (χ1n) is 6.20. The van der Waals surface area contributed by atoms with Gasteiger partial charge in [-0.15, -0.1) is 0 Å². The molecule has 1 aromatic heterocycles. The molecule has 4 nitrogen and oxygen atoms in total. The van der Waals surface area contributed by atoms with Crippen LogP contribution in [0.2, 0.25) is 0 Å². The van der Waals surface area contributed by atoms with Crippen molar-refractivity contribution in [2.75, 3.05) is 19.0 Å². The van der Waals surface area contributed by atoms with Gasteiger partial charge in [0.15, 0.2) is 0 Å². The fourth-order valence-electron chi connectivity index (χ4n) is 2.24. The van der Waals surface area contributed by atoms with Gasteiger partial charge in [0.05, 0.1) is 13.2 Å². The average molecular weight is 236 g/mol. The van der Waals surface area contributed by atoms with E-state index in [9.17, 15) is 5.11 Å². The normalized spacial score (nSPS) is 24.4. The highest BCUT2D eigenvalue weighted by molar-refractivity contribution is 5.44. The predicted molar refractivity (Wildman–Crippen MR) is 67.2 cm³/mol. The third-order valence-corrected chi connectivity index (χ3v) is 3.36. The zero-order valence-electron chi connectivity index (χ0n) is 10.2. The van der Waals surface area contributed by atoms with E-state index in [1.165, 1.54) is 0 Å². The first-order valence-corrected chi connectivity index (χ1v) is 6.20. The van der Waals surface area contributed by atoms with E-state index in [0.29, 0.717) is 11.8 Å². The van der Waals surface area contributed by atoms with Crippen molar-refractivity contribution in [3.8, 4) is 5.88 Å². The summed E-state index contributed by atoms with van der Waals surface area (Å²) in [6.07, 6.45) is 5.75. The van der Waals surface area contributed by atoms with Gasteiger partial charge in [-0.25, -0.2) is 4.98 Å². The number of aliphatic hydroxyl groups excluding tert-OH is 1. The molecule has 2 rings (SSSR count). The van der Waals surface area contributed by atoms with Gasteiger partial charge in [0.1, 0.15) is 0 Å². The van der Waals surface area contributed by atoms with Crippen LogP contribution in [-0.2, 0) is 0 Å². The molecule has 0 atom stereocenters. The van der Waals surface area contributed by atoms with Gasteiger partial charge in [0.25, 0.3) is 0 Å². The molecule has 0 aromatic carbocycles. The van der Waals surface area contributed by atoms with Crippen LogP contribution in [0, 0.1) is 5.92 Å². The molecule has 17 heavy (non-hydrogen) atoms. The van der Waals surface area contributed by atoms with Gasteiger partial charge in [-0.2, -0.15) is 0 Å². The first-order chi connectivity index (χ1) is 8.28. The second-order valence-corrected chi connectivity index (χ2v) is 4.64. The van der Waals surface area contributed by atoms with Crippen LogP contribution in [0.4, 0.5) is 5.69 Å². The lowest BCUT2D eigenvalue weighted by Crippen LogP contribution is -2.23. The second kappa shape index (κ2) is 5.87. The zero-order chi connectivity index (χ0) is 12.1. The number of aliphatic hydroxyl groups is 1. The number of pyridine rings is 1. The van der Waals surface area contributed by atoms with Crippen LogP contribution in [0.5, 0.6) is 5.88 Å². The van der Waals surface area contributed by atoms with Crippen molar-refractivity contribution in [1.29, 1.82) is 0 Å². The molecule has 1 aliphatic rings. The Morgan fingerprint density at radius 3 is 2.88 bits per heavy atom. The molecule has 94 valence electrons. The Morgan fingerprint density at radius 1 is 1.41 bits per heavy atom. The largest absolute Gasteiger partial charge is 0.481 e. The van der Waals surface area contributed by atoms with E-state index in [0.717, 1.165) is 37.9 Å². The first kappa shape index (κ1) is 12.2. The molecule has 1 aliphatic carbocycles. The van der Waals surface area contributed by atoms with Crippen molar-refractivity contribution in [3.05, 3.63) is 18.3 Å². The minimum atomic E-state index is -0.0766. The van der Waals surface area contributed by atoms with Gasteiger partial charge in [-0.3, -0.25) is 0 Å². The molecule has 0 unspecified atom stereocenters. The van der Waals surface area contributed by atoms with Crippen molar-refractivity contribution in [2.24, 2.45) is 5.92 Å². The topological polar surface area (TPSA) is 54.4 Å². The number of hydrogen-bond acceptors (Lipinski definition) is 4. The Kier molecular flexibility index (Phi) is 4.20. The maximum atomic E-state index is 9.44. The second-order valence-electron chi connectivity index (χ2n) is 4.64. The van der Waals surface area contributed by atoms with Crippen LogP contribution >= 0.6 is 0 Å². The molecular formula is C13H20N2O2. The fraction of sp³-hybridized carbons (Fsp3) is 0.615. The SMILES string of the molecule is COc1cc(NCC2CCC(O)CC2)ccn1. The van der Waals surface area contributed by atoms with Crippen molar-refractivity contribution >= 4 is 5.69 Å². The number of aromatic nitrogens is 1. The van der Waals surface area contributed by atoms with Crippen LogP contribution in [0.15, 0.2) is 18.3 Å². The number of hydrogen-bond donors (Lipinski definition) is 2. The molecule has 2 N–H and O–H groups in total. The highest BCUT2D eigenvalue weighted by Gasteiger charge is 2.18. The van der Waals surface area contributed by atoms with Gasteiger partial charge in [0.2, 0.25) is 5.88 Å². The Morgan fingerprint density at radius 2 is 2.18 bits per heavy atom. The molecule has 0 amide bonds. The third kappa shape index (κ3) is 3.60. The summed E-state index contributed by atoms with van der Waals surface area (Å²) < 4.78 is 5.08. The lowest BCUT2D eigenvalue weighted by molar-refractivity contribution is 0.111. The lowest BCUT2D eigenvalue weighted by atomic mass is 9.87. The maximum Gasteiger partial charge on any atom is 0.214 e. The fourth-order valence-corrected chi connectivity index (χ4v) is 2.24. The van der Waals surface area contributed by atoms with Crippen molar-refractivity contribution in [1.82, 2.24) is 4.98 Å². The van der Waals surface area contributed by atoms with Gasteiger partial charge < -0.3 is 15.2 Å². The van der Waals surface area contributed by atoms with E-state index >= 15 is 0 Å². The van der Waals surface area contributed by atoms with Gasteiger partial charge in [-0.05, 0) is 37.7 Å². The number of nitrogens with one attached hydrogen (secondary N) is 1. The number of rotatable bonds is 4. The monoisotopic (exact) mass is 236 g/mol. The molecule has 4 heteroatoms. The third-order valence-electron chi connectivity index (χ3n) is 3.36. The summed E-state index contributed by atoms with van der Waals surface area (Å²) in [6.45, 7) is 0.958. The number of methoxy groups -OCH3 is 1.